The number of likely N-dealkylation sites (tertiary alicyclic amines) is 1. The van der Waals surface area contributed by atoms with Crippen molar-refractivity contribution in [3.8, 4) is 5.69 Å². The van der Waals surface area contributed by atoms with Gasteiger partial charge in [-0.15, -0.1) is 0 Å². The molecule has 1 saturated heterocycles. The minimum absolute atomic E-state index is 0.187. The quantitative estimate of drug-likeness (QED) is 0.472. The average Bonchev–Trinajstić information content (AvgIpc) is 3.16. The monoisotopic (exact) mass is 422 g/mol. The van der Waals surface area contributed by atoms with Crippen LogP contribution in [0.4, 0.5) is 0 Å². The van der Waals surface area contributed by atoms with E-state index < -0.39 is 0 Å². The van der Waals surface area contributed by atoms with Crippen molar-refractivity contribution in [1.29, 1.82) is 0 Å². The van der Waals surface area contributed by atoms with E-state index in [2.05, 4.69) is 10.3 Å². The van der Waals surface area contributed by atoms with Crippen molar-refractivity contribution in [3.05, 3.63) is 69.2 Å². The van der Waals surface area contributed by atoms with Gasteiger partial charge in [0.2, 0.25) is 5.91 Å². The summed E-state index contributed by atoms with van der Waals surface area (Å²) in [6, 6.07) is 14.1. The third kappa shape index (κ3) is 4.04. The van der Waals surface area contributed by atoms with Crippen molar-refractivity contribution >= 4 is 34.9 Å². The Morgan fingerprint density at radius 2 is 1.93 bits per heavy atom. The lowest BCUT2D eigenvalue weighted by Gasteiger charge is -2.15. The zero-order chi connectivity index (χ0) is 21.1. The molecule has 0 aliphatic carbocycles. The molecule has 3 aromatic rings. The Kier molecular flexibility index (Phi) is 5.76. The zero-order valence-corrected chi connectivity index (χ0v) is 17.2. The number of nitrogens with one attached hydrogen (secondary N) is 2. The third-order valence-corrected chi connectivity index (χ3v) is 5.52. The number of hydrogen-bond donors (Lipinski definition) is 2. The van der Waals surface area contributed by atoms with Gasteiger partial charge >= 0.3 is 0 Å². The van der Waals surface area contributed by atoms with Crippen LogP contribution >= 0.6 is 12.2 Å². The maximum atomic E-state index is 12.9. The van der Waals surface area contributed by atoms with Gasteiger partial charge < -0.3 is 15.2 Å². The fraction of sp³-hybridized carbons (Fsp3) is 0.273. The summed E-state index contributed by atoms with van der Waals surface area (Å²) in [5, 5.41) is 3.32. The standard InChI is InChI=1S/C22H22N4O3S/c27-19-8-4-12-25(19)13-5-11-23-20(28)15-9-10-17-18(14-15)24-22(30)26(21(17)29)16-6-2-1-3-7-16/h1-3,6-7,9-10,14H,4-5,8,11-13H2,(H,23,28)(H,24,30). The number of carbonyl (C=O) groups excluding carboxylic acids is 2. The molecule has 154 valence electrons. The second-order valence-electron chi connectivity index (χ2n) is 7.26. The minimum atomic E-state index is -0.234. The van der Waals surface area contributed by atoms with Crippen LogP contribution < -0.4 is 10.9 Å². The number of para-hydroxylation sites is 1. The highest BCUT2D eigenvalue weighted by Gasteiger charge is 2.19. The predicted octanol–water partition coefficient (Wildman–Crippen LogP) is 2.79. The van der Waals surface area contributed by atoms with Crippen molar-refractivity contribution in [2.45, 2.75) is 19.3 Å². The Bertz CT molecular complexity index is 1220. The van der Waals surface area contributed by atoms with E-state index in [4.69, 9.17) is 12.2 Å². The number of aromatic amines is 1. The number of nitrogens with zero attached hydrogens (tertiary/aromatic N) is 2. The first-order valence-electron chi connectivity index (χ1n) is 9.95. The van der Waals surface area contributed by atoms with Crippen LogP contribution in [0.1, 0.15) is 29.6 Å². The van der Waals surface area contributed by atoms with Gasteiger partial charge in [0, 0.05) is 31.6 Å². The largest absolute Gasteiger partial charge is 0.352 e. The topological polar surface area (TPSA) is 87.2 Å². The Morgan fingerprint density at radius 1 is 1.13 bits per heavy atom. The fourth-order valence-electron chi connectivity index (χ4n) is 3.69. The van der Waals surface area contributed by atoms with Crippen LogP contribution in [-0.2, 0) is 4.79 Å². The summed E-state index contributed by atoms with van der Waals surface area (Å²) in [5.41, 5.74) is 1.42. The molecule has 2 N–H and O–H groups in total. The van der Waals surface area contributed by atoms with Crippen molar-refractivity contribution in [2.24, 2.45) is 0 Å². The lowest BCUT2D eigenvalue weighted by Crippen LogP contribution is -2.30. The number of rotatable bonds is 6. The molecule has 2 amide bonds. The highest BCUT2D eigenvalue weighted by atomic mass is 32.1. The van der Waals surface area contributed by atoms with E-state index >= 15 is 0 Å². The van der Waals surface area contributed by atoms with E-state index in [1.807, 2.05) is 35.2 Å². The number of hydrogen-bond acceptors (Lipinski definition) is 4. The molecule has 30 heavy (non-hydrogen) atoms. The maximum absolute atomic E-state index is 12.9. The predicted molar refractivity (Wildman–Crippen MR) is 117 cm³/mol. The van der Waals surface area contributed by atoms with Crippen LogP contribution in [0.5, 0.6) is 0 Å². The van der Waals surface area contributed by atoms with Gasteiger partial charge in [0.15, 0.2) is 4.77 Å². The Balaban J connectivity index is 1.49. The molecule has 2 aromatic carbocycles. The molecule has 1 aromatic heterocycles. The van der Waals surface area contributed by atoms with Crippen LogP contribution in [0.15, 0.2) is 53.3 Å². The lowest BCUT2D eigenvalue weighted by atomic mass is 10.1. The molecule has 0 radical (unpaired) electrons. The number of H-pyrrole nitrogens is 1. The molecule has 0 bridgehead atoms. The second-order valence-corrected chi connectivity index (χ2v) is 7.65. The average molecular weight is 423 g/mol. The molecule has 2 heterocycles. The lowest BCUT2D eigenvalue weighted by molar-refractivity contribution is -0.127. The summed E-state index contributed by atoms with van der Waals surface area (Å²) in [6.07, 6.45) is 2.24. The van der Waals surface area contributed by atoms with Crippen molar-refractivity contribution in [2.75, 3.05) is 19.6 Å². The molecule has 7 nitrogen and oxygen atoms in total. The van der Waals surface area contributed by atoms with E-state index in [0.717, 1.165) is 13.0 Å². The molecule has 0 spiro atoms. The molecule has 4 rings (SSSR count). The highest BCUT2D eigenvalue weighted by Crippen LogP contribution is 2.14. The molecule has 0 unspecified atom stereocenters. The molecule has 1 aliphatic rings. The Labute approximate surface area is 178 Å². The summed E-state index contributed by atoms with van der Waals surface area (Å²) in [7, 11) is 0. The van der Waals surface area contributed by atoms with Crippen LogP contribution in [0.25, 0.3) is 16.6 Å². The second kappa shape index (κ2) is 8.62. The number of benzene rings is 2. The summed E-state index contributed by atoms with van der Waals surface area (Å²) >= 11 is 5.38. The van der Waals surface area contributed by atoms with Gasteiger partial charge in [-0.3, -0.25) is 19.0 Å². The van der Waals surface area contributed by atoms with Gasteiger partial charge in [-0.2, -0.15) is 0 Å². The first-order valence-corrected chi connectivity index (χ1v) is 10.4. The van der Waals surface area contributed by atoms with E-state index in [1.54, 1.807) is 18.2 Å². The molecular formula is C22H22N4O3S. The van der Waals surface area contributed by atoms with Crippen molar-refractivity contribution < 1.29 is 9.59 Å². The van der Waals surface area contributed by atoms with Gasteiger partial charge in [-0.25, -0.2) is 0 Å². The summed E-state index contributed by atoms with van der Waals surface area (Å²) < 4.78 is 1.71. The fourth-order valence-corrected chi connectivity index (χ4v) is 3.98. The van der Waals surface area contributed by atoms with Crippen LogP contribution in [0.2, 0.25) is 0 Å². The highest BCUT2D eigenvalue weighted by molar-refractivity contribution is 7.71. The van der Waals surface area contributed by atoms with E-state index in [1.165, 1.54) is 4.57 Å². The normalized spacial score (nSPS) is 13.7. The Hall–Kier alpha value is -3.26. The van der Waals surface area contributed by atoms with Gasteiger partial charge in [-0.1, -0.05) is 18.2 Å². The molecule has 1 aliphatic heterocycles. The molecule has 0 atom stereocenters. The maximum Gasteiger partial charge on any atom is 0.266 e. The SMILES string of the molecule is O=C(NCCCN1CCCC1=O)c1ccc2c(=O)n(-c3ccccc3)c(=S)[nH]c2c1. The zero-order valence-electron chi connectivity index (χ0n) is 16.4. The first kappa shape index (κ1) is 20.0. The number of aromatic nitrogens is 2. The number of carbonyl (C=O) groups is 2. The van der Waals surface area contributed by atoms with Crippen LogP contribution in [-0.4, -0.2) is 45.9 Å². The summed E-state index contributed by atoms with van der Waals surface area (Å²) in [6.45, 7) is 1.94. The van der Waals surface area contributed by atoms with Gasteiger partial charge in [0.1, 0.15) is 0 Å². The number of fused-ring (bicyclic) bond motifs is 1. The van der Waals surface area contributed by atoms with Crippen LogP contribution in [0, 0.1) is 4.77 Å². The molecular weight excluding hydrogens is 400 g/mol. The summed E-state index contributed by atoms with van der Waals surface area (Å²) in [4.78, 5) is 41.9. The van der Waals surface area contributed by atoms with Crippen LogP contribution in [0.3, 0.4) is 0 Å². The van der Waals surface area contributed by atoms with Crippen molar-refractivity contribution in [3.63, 3.8) is 0 Å². The third-order valence-electron chi connectivity index (χ3n) is 5.24. The van der Waals surface area contributed by atoms with Gasteiger partial charge in [-0.05, 0) is 55.4 Å². The van der Waals surface area contributed by atoms with Gasteiger partial charge in [0.05, 0.1) is 16.6 Å². The molecule has 0 saturated carbocycles. The van der Waals surface area contributed by atoms with E-state index in [9.17, 15) is 14.4 Å². The summed E-state index contributed by atoms with van der Waals surface area (Å²) in [5.74, 6) is -0.0384. The van der Waals surface area contributed by atoms with Crippen molar-refractivity contribution in [1.82, 2.24) is 19.8 Å². The Morgan fingerprint density at radius 3 is 2.67 bits per heavy atom. The molecule has 1 fully saturated rings. The van der Waals surface area contributed by atoms with Gasteiger partial charge in [0.25, 0.3) is 11.5 Å². The first-order chi connectivity index (χ1) is 14.5. The van der Waals surface area contributed by atoms with E-state index in [-0.39, 0.29) is 22.1 Å². The molecule has 8 heteroatoms. The van der Waals surface area contributed by atoms with E-state index in [0.29, 0.717) is 48.1 Å². The minimum Gasteiger partial charge on any atom is -0.352 e. The number of amides is 2. The smallest absolute Gasteiger partial charge is 0.266 e.